The SMILES string of the molecule is N#CC1(CNCc2c[nH]c3ccccc23)COC1. The van der Waals surface area contributed by atoms with Gasteiger partial charge in [-0.05, 0) is 11.6 Å². The van der Waals surface area contributed by atoms with Gasteiger partial charge in [-0.25, -0.2) is 0 Å². The maximum atomic E-state index is 9.09. The molecule has 1 aromatic heterocycles. The summed E-state index contributed by atoms with van der Waals surface area (Å²) < 4.78 is 5.12. The Kier molecular flexibility index (Phi) is 2.78. The van der Waals surface area contributed by atoms with Crippen LogP contribution in [0.4, 0.5) is 0 Å². The number of para-hydroxylation sites is 1. The van der Waals surface area contributed by atoms with E-state index in [1.165, 1.54) is 10.9 Å². The number of ether oxygens (including phenoxy) is 1. The predicted molar refractivity (Wildman–Crippen MR) is 68.9 cm³/mol. The number of hydrogen-bond donors (Lipinski definition) is 2. The number of fused-ring (bicyclic) bond motifs is 1. The van der Waals surface area contributed by atoms with Crippen molar-refractivity contribution in [2.45, 2.75) is 6.54 Å². The molecular formula is C14H15N3O. The molecule has 0 spiro atoms. The highest BCUT2D eigenvalue weighted by Gasteiger charge is 2.38. The van der Waals surface area contributed by atoms with Gasteiger partial charge in [0.25, 0.3) is 0 Å². The van der Waals surface area contributed by atoms with Crippen molar-refractivity contribution in [2.24, 2.45) is 5.41 Å². The molecule has 1 aliphatic rings. The molecule has 0 aliphatic carbocycles. The lowest BCUT2D eigenvalue weighted by atomic mass is 9.88. The van der Waals surface area contributed by atoms with E-state index in [0.717, 1.165) is 12.1 Å². The molecule has 92 valence electrons. The van der Waals surface area contributed by atoms with Crippen LogP contribution in [-0.2, 0) is 11.3 Å². The summed E-state index contributed by atoms with van der Waals surface area (Å²) in [7, 11) is 0. The van der Waals surface area contributed by atoms with Crippen molar-refractivity contribution in [3.05, 3.63) is 36.0 Å². The van der Waals surface area contributed by atoms with Gasteiger partial charge >= 0.3 is 0 Å². The van der Waals surface area contributed by atoms with Crippen molar-refractivity contribution in [3.8, 4) is 6.07 Å². The fourth-order valence-corrected chi connectivity index (χ4v) is 2.27. The van der Waals surface area contributed by atoms with E-state index >= 15 is 0 Å². The largest absolute Gasteiger partial charge is 0.378 e. The molecular weight excluding hydrogens is 226 g/mol. The highest BCUT2D eigenvalue weighted by Crippen LogP contribution is 2.25. The number of rotatable bonds is 4. The van der Waals surface area contributed by atoms with Gasteiger partial charge in [-0.2, -0.15) is 5.26 Å². The summed E-state index contributed by atoms with van der Waals surface area (Å²) in [5.74, 6) is 0. The number of hydrogen-bond acceptors (Lipinski definition) is 3. The molecule has 2 N–H and O–H groups in total. The summed E-state index contributed by atoms with van der Waals surface area (Å²) in [6.07, 6.45) is 2.02. The van der Waals surface area contributed by atoms with Crippen molar-refractivity contribution >= 4 is 10.9 Å². The minimum Gasteiger partial charge on any atom is -0.378 e. The molecule has 1 fully saturated rings. The lowest BCUT2D eigenvalue weighted by Crippen LogP contribution is -2.48. The van der Waals surface area contributed by atoms with Crippen LogP contribution in [-0.4, -0.2) is 24.7 Å². The fraction of sp³-hybridized carbons (Fsp3) is 0.357. The molecule has 18 heavy (non-hydrogen) atoms. The predicted octanol–water partition coefficient (Wildman–Crippen LogP) is 1.80. The second kappa shape index (κ2) is 4.45. The normalized spacial score (nSPS) is 17.3. The number of aromatic nitrogens is 1. The summed E-state index contributed by atoms with van der Waals surface area (Å²) in [5.41, 5.74) is 2.07. The van der Waals surface area contributed by atoms with Gasteiger partial charge in [-0.15, -0.1) is 0 Å². The van der Waals surface area contributed by atoms with E-state index in [-0.39, 0.29) is 5.41 Å². The van der Waals surface area contributed by atoms with E-state index in [1.54, 1.807) is 0 Å². The number of H-pyrrole nitrogens is 1. The zero-order valence-electron chi connectivity index (χ0n) is 10.1. The Morgan fingerprint density at radius 1 is 1.39 bits per heavy atom. The average Bonchev–Trinajstić information content (AvgIpc) is 2.76. The monoisotopic (exact) mass is 241 g/mol. The maximum Gasteiger partial charge on any atom is 0.116 e. The van der Waals surface area contributed by atoms with Crippen LogP contribution in [0, 0.1) is 16.7 Å². The van der Waals surface area contributed by atoms with Crippen molar-refractivity contribution in [3.63, 3.8) is 0 Å². The molecule has 0 unspecified atom stereocenters. The molecule has 0 radical (unpaired) electrons. The smallest absolute Gasteiger partial charge is 0.116 e. The van der Waals surface area contributed by atoms with Crippen LogP contribution in [0.2, 0.25) is 0 Å². The number of nitrogens with zero attached hydrogens (tertiary/aromatic N) is 1. The van der Waals surface area contributed by atoms with Gasteiger partial charge < -0.3 is 15.0 Å². The van der Waals surface area contributed by atoms with Crippen molar-refractivity contribution < 1.29 is 4.74 Å². The molecule has 0 amide bonds. The van der Waals surface area contributed by atoms with Gasteiger partial charge in [-0.3, -0.25) is 0 Å². The number of aromatic amines is 1. The second-order valence-corrected chi connectivity index (χ2v) is 4.85. The van der Waals surface area contributed by atoms with E-state index in [1.807, 2.05) is 18.3 Å². The lowest BCUT2D eigenvalue weighted by Gasteiger charge is -2.35. The highest BCUT2D eigenvalue weighted by atomic mass is 16.5. The fourth-order valence-electron chi connectivity index (χ4n) is 2.27. The van der Waals surface area contributed by atoms with E-state index in [0.29, 0.717) is 19.8 Å². The molecule has 2 aromatic rings. The van der Waals surface area contributed by atoms with Gasteiger partial charge in [0, 0.05) is 30.2 Å². The van der Waals surface area contributed by atoms with Crippen molar-refractivity contribution in [1.82, 2.24) is 10.3 Å². The zero-order chi connectivity index (χ0) is 12.4. The van der Waals surface area contributed by atoms with Crippen LogP contribution < -0.4 is 5.32 Å². The summed E-state index contributed by atoms with van der Waals surface area (Å²) in [6, 6.07) is 10.6. The van der Waals surface area contributed by atoms with E-state index in [9.17, 15) is 0 Å². The maximum absolute atomic E-state index is 9.09. The molecule has 4 nitrogen and oxygen atoms in total. The minimum absolute atomic E-state index is 0.313. The van der Waals surface area contributed by atoms with Gasteiger partial charge in [0.05, 0.1) is 19.3 Å². The first kappa shape index (κ1) is 11.3. The van der Waals surface area contributed by atoms with Gasteiger partial charge in [0.2, 0.25) is 0 Å². The van der Waals surface area contributed by atoms with Crippen molar-refractivity contribution in [2.75, 3.05) is 19.8 Å². The Morgan fingerprint density at radius 2 is 2.22 bits per heavy atom. The third-order valence-corrected chi connectivity index (χ3v) is 3.45. The number of nitriles is 1. The molecule has 4 heteroatoms. The minimum atomic E-state index is -0.313. The molecule has 0 saturated carbocycles. The summed E-state index contributed by atoms with van der Waals surface area (Å²) in [6.45, 7) is 2.55. The van der Waals surface area contributed by atoms with Crippen LogP contribution in [0.25, 0.3) is 10.9 Å². The Bertz CT molecular complexity index is 592. The topological polar surface area (TPSA) is 60.8 Å². The Hall–Kier alpha value is -1.83. The quantitative estimate of drug-likeness (QED) is 0.858. The molecule has 0 atom stereocenters. The van der Waals surface area contributed by atoms with Gasteiger partial charge in [0.1, 0.15) is 5.41 Å². The summed E-state index contributed by atoms with van der Waals surface area (Å²) in [4.78, 5) is 3.25. The van der Waals surface area contributed by atoms with Gasteiger partial charge in [-0.1, -0.05) is 18.2 Å². The summed E-state index contributed by atoms with van der Waals surface area (Å²) >= 11 is 0. The van der Waals surface area contributed by atoms with Crippen LogP contribution in [0.3, 0.4) is 0 Å². The Balaban J connectivity index is 1.65. The molecule has 1 aromatic carbocycles. The lowest BCUT2D eigenvalue weighted by molar-refractivity contribution is -0.0755. The van der Waals surface area contributed by atoms with Crippen molar-refractivity contribution in [1.29, 1.82) is 5.26 Å². The molecule has 1 saturated heterocycles. The Morgan fingerprint density at radius 3 is 2.94 bits per heavy atom. The first-order valence-corrected chi connectivity index (χ1v) is 6.08. The van der Waals surface area contributed by atoms with E-state index in [2.05, 4.69) is 28.5 Å². The summed E-state index contributed by atoms with van der Waals surface area (Å²) in [5, 5.41) is 13.7. The first-order chi connectivity index (χ1) is 8.83. The van der Waals surface area contributed by atoms with Crippen LogP contribution in [0.1, 0.15) is 5.56 Å². The molecule has 0 bridgehead atoms. The number of benzene rings is 1. The third-order valence-electron chi connectivity index (χ3n) is 3.45. The van der Waals surface area contributed by atoms with E-state index in [4.69, 9.17) is 10.00 Å². The van der Waals surface area contributed by atoms with E-state index < -0.39 is 0 Å². The van der Waals surface area contributed by atoms with Crippen LogP contribution >= 0.6 is 0 Å². The average molecular weight is 241 g/mol. The second-order valence-electron chi connectivity index (χ2n) is 4.85. The molecule has 2 heterocycles. The number of nitrogens with one attached hydrogen (secondary N) is 2. The Labute approximate surface area is 106 Å². The van der Waals surface area contributed by atoms with Gasteiger partial charge in [0.15, 0.2) is 0 Å². The molecule has 1 aliphatic heterocycles. The van der Waals surface area contributed by atoms with Crippen LogP contribution in [0.5, 0.6) is 0 Å². The third kappa shape index (κ3) is 1.88. The first-order valence-electron chi connectivity index (χ1n) is 6.08. The molecule has 3 rings (SSSR count). The standard InChI is InChI=1S/C14H15N3O/c15-7-14(9-18-10-14)8-16-5-11-6-17-13-4-2-1-3-12(11)13/h1-4,6,16-17H,5,8-10H2. The van der Waals surface area contributed by atoms with Crippen LogP contribution in [0.15, 0.2) is 30.5 Å². The highest BCUT2D eigenvalue weighted by molar-refractivity contribution is 5.82. The zero-order valence-corrected chi connectivity index (χ0v) is 10.1.